The molecule has 2 rings (SSSR count). The second kappa shape index (κ2) is 12.7. The van der Waals surface area contributed by atoms with Gasteiger partial charge in [0.15, 0.2) is 0 Å². The largest absolute Gasteiger partial charge is 0.759 e. The molecule has 164 valence electrons. The van der Waals surface area contributed by atoms with Gasteiger partial charge in [0.1, 0.15) is 13.1 Å². The maximum absolute atomic E-state index is 8.52. The fourth-order valence-electron chi connectivity index (χ4n) is 2.38. The topological polar surface area (TPSA) is 80.3 Å². The van der Waals surface area contributed by atoms with Gasteiger partial charge in [-0.3, -0.25) is 8.42 Å². The van der Waals surface area contributed by atoms with Crippen LogP contribution in [0.4, 0.5) is 0 Å². The first-order chi connectivity index (χ1) is 13.3. The zero-order valence-electron chi connectivity index (χ0n) is 18.5. The normalized spacial score (nSPS) is 11.6. The summed E-state index contributed by atoms with van der Waals surface area (Å²) in [7, 11) is 3.86. The van der Waals surface area contributed by atoms with Gasteiger partial charge in [0.25, 0.3) is 0 Å². The van der Waals surface area contributed by atoms with Crippen LogP contribution >= 0.6 is 0 Å². The van der Waals surface area contributed by atoms with Gasteiger partial charge in [-0.15, -0.1) is 0 Å². The van der Waals surface area contributed by atoms with Crippen LogP contribution in [0.1, 0.15) is 25.0 Å². The van der Waals surface area contributed by atoms with Crippen molar-refractivity contribution in [2.45, 2.75) is 26.9 Å². The highest BCUT2D eigenvalue weighted by molar-refractivity contribution is 7.79. The van der Waals surface area contributed by atoms with Crippen LogP contribution in [0.15, 0.2) is 60.7 Å². The second-order valence-electron chi connectivity index (χ2n) is 8.20. The van der Waals surface area contributed by atoms with Crippen LogP contribution in [0.3, 0.4) is 0 Å². The van der Waals surface area contributed by atoms with Crippen LogP contribution in [-0.2, 0) is 23.5 Å². The summed E-state index contributed by atoms with van der Waals surface area (Å²) in [6, 6.07) is 21.3. The first-order valence-corrected chi connectivity index (χ1v) is 11.0. The molecule has 0 N–H and O–H groups in total. The zero-order valence-corrected chi connectivity index (χ0v) is 19.4. The molecule has 0 spiro atoms. The van der Waals surface area contributed by atoms with E-state index in [4.69, 9.17) is 17.5 Å². The lowest BCUT2D eigenvalue weighted by Gasteiger charge is -2.28. The Kier molecular flexibility index (Phi) is 11.9. The second-order valence-corrected chi connectivity index (χ2v) is 9.02. The average Bonchev–Trinajstić information content (AvgIpc) is 2.62. The maximum Gasteiger partial charge on any atom is 0.104 e. The lowest BCUT2D eigenvalue weighted by molar-refractivity contribution is -0.901. The first-order valence-electron chi connectivity index (χ1n) is 9.66. The summed E-state index contributed by atoms with van der Waals surface area (Å²) in [5.41, 5.74) is 2.84. The molecule has 29 heavy (non-hydrogen) atoms. The van der Waals surface area contributed by atoms with Crippen LogP contribution in [0.2, 0.25) is 0 Å². The molecule has 0 heterocycles. The molecule has 0 radical (unpaired) electrons. The van der Waals surface area contributed by atoms with Crippen LogP contribution in [0.25, 0.3) is 0 Å². The van der Waals surface area contributed by atoms with Gasteiger partial charge in [0.2, 0.25) is 0 Å². The van der Waals surface area contributed by atoms with Crippen molar-refractivity contribution in [3.8, 4) is 0 Å². The third-order valence-electron chi connectivity index (χ3n) is 4.62. The lowest BCUT2D eigenvalue weighted by Crippen LogP contribution is -2.38. The fraction of sp³-hybridized carbons (Fsp3) is 0.455. The highest BCUT2D eigenvalue weighted by Gasteiger charge is 2.12. The Bertz CT molecular complexity index is 715. The Morgan fingerprint density at radius 2 is 0.897 bits per heavy atom. The third-order valence-corrected chi connectivity index (χ3v) is 4.62. The lowest BCUT2D eigenvalue weighted by atomic mass is 10.2. The van der Waals surface area contributed by atoms with E-state index in [2.05, 4.69) is 103 Å². The van der Waals surface area contributed by atoms with Gasteiger partial charge in [-0.1, -0.05) is 60.7 Å². The van der Waals surface area contributed by atoms with Gasteiger partial charge in [-0.25, -0.2) is 0 Å². The molecule has 7 heteroatoms. The van der Waals surface area contributed by atoms with Crippen LogP contribution < -0.4 is 0 Å². The Morgan fingerprint density at radius 3 is 1.10 bits per heavy atom. The predicted octanol–water partition coefficient (Wildman–Crippen LogP) is 3.23. The van der Waals surface area contributed by atoms with E-state index in [9.17, 15) is 0 Å². The van der Waals surface area contributed by atoms with Crippen molar-refractivity contribution in [3.63, 3.8) is 0 Å². The monoisotopic (exact) mass is 424 g/mol. The summed E-state index contributed by atoms with van der Waals surface area (Å²) in [6.45, 7) is 9.05. The number of benzene rings is 2. The van der Waals surface area contributed by atoms with Gasteiger partial charge in [-0.2, -0.15) is 0 Å². The minimum absolute atomic E-state index is 1.06. The third kappa shape index (κ3) is 16.9. The van der Waals surface area contributed by atoms with E-state index in [1.54, 1.807) is 0 Å². The zero-order chi connectivity index (χ0) is 22.6. The summed E-state index contributed by atoms with van der Waals surface area (Å²) in [5.74, 6) is 0. The fourth-order valence-corrected chi connectivity index (χ4v) is 2.38. The van der Waals surface area contributed by atoms with E-state index in [-0.39, 0.29) is 0 Å². The molecule has 0 saturated heterocycles. The Morgan fingerprint density at radius 1 is 0.655 bits per heavy atom. The van der Waals surface area contributed by atoms with Crippen molar-refractivity contribution in [1.82, 2.24) is 0 Å². The summed E-state index contributed by atoms with van der Waals surface area (Å²) >= 11 is 0. The van der Waals surface area contributed by atoms with E-state index in [1.165, 1.54) is 24.2 Å². The highest BCUT2D eigenvalue weighted by atomic mass is 32.3. The highest BCUT2D eigenvalue weighted by Crippen LogP contribution is 2.08. The molecule has 0 atom stereocenters. The van der Waals surface area contributed by atoms with Crippen molar-refractivity contribution in [2.75, 3.05) is 41.3 Å². The molecule has 0 aliphatic carbocycles. The molecule has 0 bridgehead atoms. The maximum atomic E-state index is 8.52. The quantitative estimate of drug-likeness (QED) is 0.405. The molecular formula is C22H36N2O4S. The molecule has 0 aliphatic heterocycles. The predicted molar refractivity (Wildman–Crippen MR) is 116 cm³/mol. The van der Waals surface area contributed by atoms with Gasteiger partial charge < -0.3 is 18.1 Å². The SMILES string of the molecule is CC[N+](C)(C)Cc1ccccc1.CC[N+](C)(C)Cc1ccccc1.O=S(=O)([O-])[O-]. The molecule has 0 aliphatic rings. The molecule has 6 nitrogen and oxygen atoms in total. The van der Waals surface area contributed by atoms with Crippen molar-refractivity contribution in [2.24, 2.45) is 0 Å². The van der Waals surface area contributed by atoms with Gasteiger partial charge in [0.05, 0.1) is 41.3 Å². The molecule has 0 unspecified atom stereocenters. The average molecular weight is 425 g/mol. The van der Waals surface area contributed by atoms with Crippen LogP contribution in [-0.4, -0.2) is 67.8 Å². The molecule has 2 aromatic rings. The first kappa shape index (κ1) is 27.2. The standard InChI is InChI=1S/2C11H18N.H2O4S/c2*1-4-12(2,3)10-11-8-6-5-7-9-11;1-5(2,3)4/h2*5-9H,4,10H2,1-3H3;(H2,1,2,3,4)/q2*+1;/p-2. The van der Waals surface area contributed by atoms with Gasteiger partial charge in [-0.05, 0) is 13.8 Å². The van der Waals surface area contributed by atoms with E-state index in [0.29, 0.717) is 0 Å². The summed E-state index contributed by atoms with van der Waals surface area (Å²) in [4.78, 5) is 0. The van der Waals surface area contributed by atoms with Gasteiger partial charge in [0, 0.05) is 21.5 Å². The molecule has 0 aromatic heterocycles. The number of hydrogen-bond acceptors (Lipinski definition) is 4. The number of hydrogen-bond donors (Lipinski definition) is 0. The Balaban J connectivity index is 0.000000442. The van der Waals surface area contributed by atoms with E-state index in [1.807, 2.05) is 0 Å². The van der Waals surface area contributed by atoms with Crippen molar-refractivity contribution in [1.29, 1.82) is 0 Å². The minimum Gasteiger partial charge on any atom is -0.759 e. The van der Waals surface area contributed by atoms with Crippen molar-refractivity contribution in [3.05, 3.63) is 71.8 Å². The molecule has 2 aromatic carbocycles. The Labute approximate surface area is 177 Å². The van der Waals surface area contributed by atoms with Crippen LogP contribution in [0, 0.1) is 0 Å². The summed E-state index contributed by atoms with van der Waals surface area (Å²) in [6.07, 6.45) is 0. The van der Waals surface area contributed by atoms with Gasteiger partial charge >= 0.3 is 0 Å². The minimum atomic E-state index is -5.17. The van der Waals surface area contributed by atoms with Crippen molar-refractivity contribution < 1.29 is 26.5 Å². The van der Waals surface area contributed by atoms with Crippen molar-refractivity contribution >= 4 is 10.4 Å². The number of quaternary nitrogens is 2. The summed E-state index contributed by atoms with van der Waals surface area (Å²) < 4.78 is 36.2. The molecule has 0 fully saturated rings. The van der Waals surface area contributed by atoms with E-state index in [0.717, 1.165) is 22.1 Å². The molecule has 0 saturated carbocycles. The van der Waals surface area contributed by atoms with E-state index < -0.39 is 10.4 Å². The Hall–Kier alpha value is -1.77. The number of nitrogens with zero attached hydrogens (tertiary/aromatic N) is 2. The summed E-state index contributed by atoms with van der Waals surface area (Å²) in [5, 5.41) is 0. The van der Waals surface area contributed by atoms with E-state index >= 15 is 0 Å². The number of rotatable bonds is 6. The van der Waals surface area contributed by atoms with Crippen LogP contribution in [0.5, 0.6) is 0 Å². The molecule has 0 amide bonds. The smallest absolute Gasteiger partial charge is 0.104 e. The molecular weight excluding hydrogens is 388 g/mol.